The Morgan fingerprint density at radius 3 is 1.77 bits per heavy atom. The Labute approximate surface area is 185 Å². The van der Waals surface area contributed by atoms with Gasteiger partial charge in [0.1, 0.15) is 5.60 Å². The van der Waals surface area contributed by atoms with Gasteiger partial charge in [-0.3, -0.25) is 0 Å². The molecule has 0 heterocycles. The maximum absolute atomic E-state index is 11.9. The number of ether oxygens (including phenoxy) is 4. The number of nitrogens with one attached hydrogen (secondary N) is 1. The van der Waals surface area contributed by atoms with Crippen LogP contribution in [0.2, 0.25) is 0 Å². The third-order valence-electron chi connectivity index (χ3n) is 4.84. The quantitative estimate of drug-likeness (QED) is 0.200. The number of unbranched alkanes of at least 4 members (excludes halogenated alkanes) is 5. The molecule has 1 unspecified atom stereocenters. The number of carbonyl (C=O) groups excluding carboxylic acids is 1. The number of rotatable bonds is 18. The topological polar surface area (TPSA) is 66.0 Å². The lowest BCUT2D eigenvalue weighted by Gasteiger charge is -2.39. The average Bonchev–Trinajstić information content (AvgIpc) is 2.65. The minimum Gasteiger partial charge on any atom is -0.444 e. The van der Waals surface area contributed by atoms with Crippen molar-refractivity contribution in [1.29, 1.82) is 0 Å². The molecule has 1 amide bonds. The molecule has 0 saturated heterocycles. The number of hydrogen-bond donors (Lipinski definition) is 1. The highest BCUT2D eigenvalue weighted by molar-refractivity contribution is 5.67. The molecular formula is C24H49NO5. The van der Waals surface area contributed by atoms with E-state index in [1.165, 1.54) is 32.1 Å². The Hall–Kier alpha value is -0.850. The second kappa shape index (κ2) is 16.8. The van der Waals surface area contributed by atoms with Crippen LogP contribution in [-0.2, 0) is 18.9 Å². The van der Waals surface area contributed by atoms with Crippen molar-refractivity contribution in [2.24, 2.45) is 5.92 Å². The Morgan fingerprint density at radius 2 is 1.27 bits per heavy atom. The number of hydrogen-bond acceptors (Lipinski definition) is 5. The zero-order chi connectivity index (χ0) is 22.9. The molecule has 0 spiro atoms. The van der Waals surface area contributed by atoms with Crippen LogP contribution >= 0.6 is 0 Å². The first-order valence-electron chi connectivity index (χ1n) is 12.1. The molecule has 0 saturated carbocycles. The summed E-state index contributed by atoms with van der Waals surface area (Å²) in [6, 6.07) is 0. The third kappa shape index (κ3) is 13.5. The molecule has 0 aromatic heterocycles. The van der Waals surface area contributed by atoms with Crippen LogP contribution in [0.15, 0.2) is 0 Å². The highest BCUT2D eigenvalue weighted by Crippen LogP contribution is 2.34. The molecule has 6 nitrogen and oxygen atoms in total. The number of carbonyl (C=O) groups is 1. The fourth-order valence-electron chi connectivity index (χ4n) is 3.60. The second-order valence-electron chi connectivity index (χ2n) is 8.73. The van der Waals surface area contributed by atoms with Crippen molar-refractivity contribution in [3.63, 3.8) is 0 Å². The van der Waals surface area contributed by atoms with Crippen LogP contribution in [0.25, 0.3) is 0 Å². The molecule has 0 aliphatic carbocycles. The predicted octanol–water partition coefficient (Wildman–Crippen LogP) is 6.42. The monoisotopic (exact) mass is 431 g/mol. The van der Waals surface area contributed by atoms with Crippen LogP contribution in [-0.4, -0.2) is 44.0 Å². The third-order valence-corrected chi connectivity index (χ3v) is 4.84. The molecule has 1 N–H and O–H groups in total. The molecular weight excluding hydrogens is 382 g/mol. The fraction of sp³-hybridized carbons (Fsp3) is 0.958. The van der Waals surface area contributed by atoms with Crippen LogP contribution in [0.3, 0.4) is 0 Å². The Kier molecular flexibility index (Phi) is 16.3. The predicted molar refractivity (Wildman–Crippen MR) is 123 cm³/mol. The highest BCUT2D eigenvalue weighted by Gasteiger charge is 2.41. The first kappa shape index (κ1) is 29.1. The molecule has 1 atom stereocenters. The van der Waals surface area contributed by atoms with E-state index in [9.17, 15) is 4.79 Å². The van der Waals surface area contributed by atoms with Gasteiger partial charge in [-0.1, -0.05) is 45.4 Å². The van der Waals surface area contributed by atoms with Crippen molar-refractivity contribution in [1.82, 2.24) is 5.32 Å². The molecule has 30 heavy (non-hydrogen) atoms. The van der Waals surface area contributed by atoms with E-state index in [1.54, 1.807) is 0 Å². The van der Waals surface area contributed by atoms with Gasteiger partial charge in [-0.05, 0) is 60.8 Å². The van der Waals surface area contributed by atoms with Crippen molar-refractivity contribution >= 4 is 6.09 Å². The summed E-state index contributed by atoms with van der Waals surface area (Å²) in [5.74, 6) is -0.892. The normalized spacial score (nSPS) is 13.3. The smallest absolute Gasteiger partial charge is 0.407 e. The van der Waals surface area contributed by atoms with Crippen molar-refractivity contribution in [3.8, 4) is 0 Å². The molecule has 180 valence electrons. The molecule has 0 aromatic carbocycles. The summed E-state index contributed by atoms with van der Waals surface area (Å²) >= 11 is 0. The van der Waals surface area contributed by atoms with Crippen molar-refractivity contribution < 1.29 is 23.7 Å². The first-order chi connectivity index (χ1) is 14.2. The standard InChI is InChI=1S/C24H49NO5/c1-8-12-13-14-15-16-18-21(24(27-9-2,28-10-3)29-11-4)19-17-20-25-22(26)30-23(5,6)7/h21H,8-20H2,1-7H3,(H,25,26). The van der Waals surface area contributed by atoms with E-state index >= 15 is 0 Å². The van der Waals surface area contributed by atoms with Crippen molar-refractivity contribution in [2.75, 3.05) is 26.4 Å². The lowest BCUT2D eigenvalue weighted by molar-refractivity contribution is -0.403. The summed E-state index contributed by atoms with van der Waals surface area (Å²) in [6.45, 7) is 15.9. The molecule has 0 aliphatic heterocycles. The summed E-state index contributed by atoms with van der Waals surface area (Å²) in [5, 5.41) is 2.85. The molecule has 0 aliphatic rings. The van der Waals surface area contributed by atoms with Crippen LogP contribution in [0.4, 0.5) is 4.79 Å². The van der Waals surface area contributed by atoms with E-state index in [4.69, 9.17) is 18.9 Å². The van der Waals surface area contributed by atoms with Crippen LogP contribution in [0, 0.1) is 5.92 Å². The summed E-state index contributed by atoms with van der Waals surface area (Å²) in [4.78, 5) is 11.9. The van der Waals surface area contributed by atoms with Gasteiger partial charge in [0, 0.05) is 32.3 Å². The largest absolute Gasteiger partial charge is 0.444 e. The Morgan fingerprint density at radius 1 is 0.767 bits per heavy atom. The van der Waals surface area contributed by atoms with Crippen LogP contribution in [0.1, 0.15) is 106 Å². The zero-order valence-corrected chi connectivity index (χ0v) is 20.8. The van der Waals surface area contributed by atoms with E-state index in [1.807, 2.05) is 41.5 Å². The molecule has 6 heteroatoms. The lowest BCUT2D eigenvalue weighted by Crippen LogP contribution is -2.47. The minimum atomic E-state index is -1.01. The van der Waals surface area contributed by atoms with Crippen molar-refractivity contribution in [2.45, 2.75) is 118 Å². The van der Waals surface area contributed by atoms with Gasteiger partial charge in [0.2, 0.25) is 0 Å². The van der Waals surface area contributed by atoms with E-state index in [0.29, 0.717) is 26.4 Å². The first-order valence-corrected chi connectivity index (χ1v) is 12.1. The molecule has 0 rings (SSSR count). The van der Waals surface area contributed by atoms with Gasteiger partial charge in [-0.15, -0.1) is 0 Å². The lowest BCUT2D eigenvalue weighted by atomic mass is 9.92. The molecule has 0 bridgehead atoms. The molecule has 0 aromatic rings. The Balaban J connectivity index is 4.88. The molecule has 0 fully saturated rings. The minimum absolute atomic E-state index is 0.115. The van der Waals surface area contributed by atoms with Gasteiger partial charge >= 0.3 is 6.09 Å². The van der Waals surface area contributed by atoms with Gasteiger partial charge in [0.25, 0.3) is 5.97 Å². The average molecular weight is 432 g/mol. The zero-order valence-electron chi connectivity index (χ0n) is 20.8. The van der Waals surface area contributed by atoms with E-state index in [0.717, 1.165) is 25.7 Å². The maximum Gasteiger partial charge on any atom is 0.407 e. The van der Waals surface area contributed by atoms with Gasteiger partial charge in [-0.2, -0.15) is 0 Å². The van der Waals surface area contributed by atoms with E-state index < -0.39 is 11.6 Å². The second-order valence-corrected chi connectivity index (χ2v) is 8.73. The fourth-order valence-corrected chi connectivity index (χ4v) is 3.60. The maximum atomic E-state index is 11.9. The number of amides is 1. The van der Waals surface area contributed by atoms with Crippen molar-refractivity contribution in [3.05, 3.63) is 0 Å². The SMILES string of the molecule is CCCCCCCCC(CCCNC(=O)OC(C)(C)C)C(OCC)(OCC)OCC. The summed E-state index contributed by atoms with van der Waals surface area (Å²) in [6.07, 6.45) is 9.75. The van der Waals surface area contributed by atoms with E-state index in [-0.39, 0.29) is 12.0 Å². The number of alkyl carbamates (subject to hydrolysis) is 1. The van der Waals surface area contributed by atoms with Gasteiger partial charge < -0.3 is 24.3 Å². The summed E-state index contributed by atoms with van der Waals surface area (Å²) in [5.41, 5.74) is -0.488. The van der Waals surface area contributed by atoms with Gasteiger partial charge in [0.05, 0.1) is 0 Å². The van der Waals surface area contributed by atoms with E-state index in [2.05, 4.69) is 12.2 Å². The van der Waals surface area contributed by atoms with Gasteiger partial charge in [0.15, 0.2) is 0 Å². The molecule has 0 radical (unpaired) electrons. The van der Waals surface area contributed by atoms with Crippen LogP contribution < -0.4 is 5.32 Å². The summed E-state index contributed by atoms with van der Waals surface area (Å²) in [7, 11) is 0. The highest BCUT2D eigenvalue weighted by atomic mass is 16.9. The van der Waals surface area contributed by atoms with Gasteiger partial charge in [-0.25, -0.2) is 4.79 Å². The Bertz CT molecular complexity index is 405. The summed E-state index contributed by atoms with van der Waals surface area (Å²) < 4.78 is 23.5. The van der Waals surface area contributed by atoms with Crippen LogP contribution in [0.5, 0.6) is 0 Å².